The van der Waals surface area contributed by atoms with Crippen molar-refractivity contribution in [2.75, 3.05) is 7.11 Å². The van der Waals surface area contributed by atoms with Gasteiger partial charge >= 0.3 is 5.82 Å². The largest absolute Gasteiger partial charge is 0.496 e. The number of carbonyl (C=O) groups is 1. The number of nitrogens with one attached hydrogen (secondary N) is 1. The number of carbonyl (C=O) groups excluding carboxylic acids is 1. The van der Waals surface area contributed by atoms with E-state index in [0.717, 1.165) is 26.6 Å². The van der Waals surface area contributed by atoms with Gasteiger partial charge in [0.05, 0.1) is 29.6 Å². The van der Waals surface area contributed by atoms with Crippen LogP contribution in [-0.2, 0) is 17.1 Å². The number of methoxy groups -OCH3 is 1. The predicted octanol–water partition coefficient (Wildman–Crippen LogP) is 3.40. The van der Waals surface area contributed by atoms with Gasteiger partial charge in [0.1, 0.15) is 16.8 Å². The maximum Gasteiger partial charge on any atom is 0.404 e. The minimum atomic E-state index is -0.635. The lowest BCUT2D eigenvalue weighted by Crippen LogP contribution is -2.23. The van der Waals surface area contributed by atoms with Gasteiger partial charge in [-0.05, 0) is 56.7 Å². The number of pyridine rings is 1. The molecule has 2 aromatic heterocycles. The first-order valence-electron chi connectivity index (χ1n) is 8.86. The molecule has 0 aliphatic carbocycles. The van der Waals surface area contributed by atoms with E-state index in [1.807, 2.05) is 36.4 Å². The number of nitro groups is 1. The molecule has 0 atom stereocenters. The van der Waals surface area contributed by atoms with Crippen molar-refractivity contribution in [3.05, 3.63) is 74.5 Å². The fourth-order valence-electron chi connectivity index (χ4n) is 2.53. The highest BCUT2D eigenvalue weighted by Gasteiger charge is 2.19. The summed E-state index contributed by atoms with van der Waals surface area (Å²) in [5.41, 5.74) is 4.12. The minimum absolute atomic E-state index is 0.197. The zero-order chi connectivity index (χ0) is 22.2. The first-order valence-corrected chi connectivity index (χ1v) is 10.6. The summed E-state index contributed by atoms with van der Waals surface area (Å²) in [6.45, 7) is -0.210. The summed E-state index contributed by atoms with van der Waals surface area (Å²) in [5.74, 6) is 0.572. The van der Waals surface area contributed by atoms with Crippen LogP contribution >= 0.6 is 27.7 Å². The normalized spacial score (nSPS) is 10.9. The lowest BCUT2D eigenvalue weighted by atomic mass is 10.1. The van der Waals surface area contributed by atoms with Crippen LogP contribution < -0.4 is 10.2 Å². The van der Waals surface area contributed by atoms with Gasteiger partial charge in [0, 0.05) is 17.5 Å². The van der Waals surface area contributed by atoms with E-state index >= 15 is 0 Å². The molecule has 1 amide bonds. The number of amides is 1. The molecular weight excluding hydrogens is 488 g/mol. The second-order valence-corrected chi connectivity index (χ2v) is 7.93. The van der Waals surface area contributed by atoms with Crippen LogP contribution in [0.25, 0.3) is 0 Å². The molecule has 3 aromatic rings. The average Bonchev–Trinajstić information content (AvgIpc) is 3.13. The molecule has 12 heteroatoms. The van der Waals surface area contributed by atoms with Crippen molar-refractivity contribution in [3.8, 4) is 5.75 Å². The van der Waals surface area contributed by atoms with Gasteiger partial charge in [-0.3, -0.25) is 4.79 Å². The van der Waals surface area contributed by atoms with Crippen molar-refractivity contribution < 1.29 is 14.5 Å². The highest BCUT2D eigenvalue weighted by molar-refractivity contribution is 9.10. The van der Waals surface area contributed by atoms with Crippen LogP contribution in [0, 0.1) is 10.1 Å². The maximum atomic E-state index is 12.0. The number of hydrogen-bond acceptors (Lipinski definition) is 8. The number of benzene rings is 1. The van der Waals surface area contributed by atoms with Crippen LogP contribution in [0.3, 0.4) is 0 Å². The molecule has 0 aliphatic heterocycles. The predicted molar refractivity (Wildman–Crippen MR) is 119 cm³/mol. The smallest absolute Gasteiger partial charge is 0.404 e. The third kappa shape index (κ3) is 6.36. The van der Waals surface area contributed by atoms with Gasteiger partial charge in [0.15, 0.2) is 0 Å². The van der Waals surface area contributed by atoms with E-state index in [4.69, 9.17) is 4.74 Å². The van der Waals surface area contributed by atoms with E-state index < -0.39 is 10.8 Å². The Morgan fingerprint density at radius 2 is 2.26 bits per heavy atom. The van der Waals surface area contributed by atoms with E-state index in [1.54, 1.807) is 25.1 Å². The molecule has 1 aromatic carbocycles. The Kier molecular flexibility index (Phi) is 7.73. The Morgan fingerprint density at radius 3 is 2.94 bits per heavy atom. The van der Waals surface area contributed by atoms with Gasteiger partial charge in [-0.15, -0.1) is 11.8 Å². The molecule has 1 N–H and O–H groups in total. The Labute approximate surface area is 190 Å². The quantitative estimate of drug-likeness (QED) is 0.205. The first-order chi connectivity index (χ1) is 15.0. The zero-order valence-corrected chi connectivity index (χ0v) is 18.7. The maximum absolute atomic E-state index is 12.0. The molecule has 31 heavy (non-hydrogen) atoms. The third-order valence-corrected chi connectivity index (χ3v) is 5.45. The fourth-order valence-corrected chi connectivity index (χ4v) is 3.83. The fraction of sp³-hybridized carbons (Fsp3) is 0.158. The number of hydrogen-bond donors (Lipinski definition) is 1. The molecule has 0 spiro atoms. The van der Waals surface area contributed by atoms with Crippen LogP contribution in [0.15, 0.2) is 63.4 Å². The minimum Gasteiger partial charge on any atom is -0.496 e. The van der Waals surface area contributed by atoms with Crippen molar-refractivity contribution in [1.82, 2.24) is 20.2 Å². The number of thioether (sulfide) groups is 1. The number of ether oxygens (including phenoxy) is 1. The van der Waals surface area contributed by atoms with Crippen molar-refractivity contribution in [1.29, 1.82) is 0 Å². The van der Waals surface area contributed by atoms with E-state index in [9.17, 15) is 14.9 Å². The molecule has 0 radical (unpaired) electrons. The lowest BCUT2D eigenvalue weighted by molar-refractivity contribution is -0.390. The van der Waals surface area contributed by atoms with Crippen LogP contribution in [0.5, 0.6) is 5.75 Å². The number of nitrogens with zero attached hydrogens (tertiary/aromatic N) is 5. The first kappa shape index (κ1) is 22.4. The Hall–Kier alpha value is -3.25. The summed E-state index contributed by atoms with van der Waals surface area (Å²) in [7, 11) is 1.61. The Morgan fingerprint density at radius 1 is 1.42 bits per heavy atom. The van der Waals surface area contributed by atoms with Crippen molar-refractivity contribution >= 4 is 45.6 Å². The van der Waals surface area contributed by atoms with E-state index in [0.29, 0.717) is 5.75 Å². The van der Waals surface area contributed by atoms with Gasteiger partial charge in [-0.2, -0.15) is 9.78 Å². The number of rotatable bonds is 9. The summed E-state index contributed by atoms with van der Waals surface area (Å²) in [6.07, 6.45) is 4.61. The Bertz CT molecular complexity index is 1110. The summed E-state index contributed by atoms with van der Waals surface area (Å²) in [5, 5.41) is 19.4. The topological polar surface area (TPSA) is 125 Å². The second kappa shape index (κ2) is 10.7. The van der Waals surface area contributed by atoms with Gasteiger partial charge in [0.25, 0.3) is 5.91 Å². The van der Waals surface area contributed by atoms with Crippen LogP contribution in [-0.4, -0.2) is 38.9 Å². The Balaban J connectivity index is 1.60. The van der Waals surface area contributed by atoms with Gasteiger partial charge in [0.2, 0.25) is 0 Å². The molecule has 0 saturated heterocycles. The lowest BCUT2D eigenvalue weighted by Gasteiger charge is -2.09. The molecular formula is C19H17BrN6O4S. The van der Waals surface area contributed by atoms with Crippen molar-refractivity contribution in [2.24, 2.45) is 5.10 Å². The number of halogens is 1. The molecule has 3 rings (SSSR count). The SMILES string of the molecule is COc1ccc(/C=N\NC(=O)Cn2cc(Br)c([N+](=O)[O-])n2)cc1CSc1ccccn1. The molecule has 2 heterocycles. The molecule has 10 nitrogen and oxygen atoms in total. The van der Waals surface area contributed by atoms with E-state index in [-0.39, 0.29) is 16.8 Å². The highest BCUT2D eigenvalue weighted by Crippen LogP contribution is 2.27. The van der Waals surface area contributed by atoms with Crippen molar-refractivity contribution in [2.45, 2.75) is 17.3 Å². The van der Waals surface area contributed by atoms with Gasteiger partial charge < -0.3 is 14.9 Å². The average molecular weight is 505 g/mol. The van der Waals surface area contributed by atoms with Gasteiger partial charge in [-0.25, -0.2) is 10.4 Å². The molecule has 160 valence electrons. The van der Waals surface area contributed by atoms with E-state index in [2.05, 4.69) is 36.5 Å². The molecule has 0 saturated carbocycles. The second-order valence-electron chi connectivity index (χ2n) is 6.08. The highest BCUT2D eigenvalue weighted by atomic mass is 79.9. The molecule has 0 fully saturated rings. The van der Waals surface area contributed by atoms with E-state index in [1.165, 1.54) is 12.4 Å². The van der Waals surface area contributed by atoms with Crippen molar-refractivity contribution in [3.63, 3.8) is 0 Å². The zero-order valence-electron chi connectivity index (χ0n) is 16.3. The van der Waals surface area contributed by atoms with Crippen LogP contribution in [0.1, 0.15) is 11.1 Å². The van der Waals surface area contributed by atoms with Crippen LogP contribution in [0.2, 0.25) is 0 Å². The summed E-state index contributed by atoms with van der Waals surface area (Å²) in [4.78, 5) is 26.5. The third-order valence-electron chi connectivity index (χ3n) is 3.90. The standard InChI is InChI=1S/C19H17BrN6O4S/c1-30-16-6-5-13(8-14(16)12-31-18-4-2-3-7-21-18)9-22-23-17(27)11-25-10-15(20)19(24-25)26(28)29/h2-10H,11-12H2,1H3,(H,23,27)/b22-9-. The molecule has 0 bridgehead atoms. The summed E-state index contributed by atoms with van der Waals surface area (Å²) in [6, 6.07) is 11.3. The summed E-state index contributed by atoms with van der Waals surface area (Å²) < 4.78 is 6.77. The molecule has 0 aliphatic rings. The number of aromatic nitrogens is 3. The van der Waals surface area contributed by atoms with Gasteiger partial charge in [-0.1, -0.05) is 6.07 Å². The number of hydrazone groups is 1. The summed E-state index contributed by atoms with van der Waals surface area (Å²) >= 11 is 4.61. The monoisotopic (exact) mass is 504 g/mol. The molecule has 0 unspecified atom stereocenters. The van der Waals surface area contributed by atoms with Crippen LogP contribution in [0.4, 0.5) is 5.82 Å².